The second-order valence-electron chi connectivity index (χ2n) is 8.58. The van der Waals surface area contributed by atoms with Gasteiger partial charge in [-0.3, -0.25) is 9.78 Å². The third kappa shape index (κ3) is 4.45. The number of nitrogens with zero attached hydrogens (tertiary/aromatic N) is 4. The second-order valence-corrected chi connectivity index (χ2v) is 8.58. The maximum absolute atomic E-state index is 12.6. The predicted molar refractivity (Wildman–Crippen MR) is 111 cm³/mol. The van der Waals surface area contributed by atoms with Gasteiger partial charge in [0.05, 0.1) is 0 Å². The Kier molecular flexibility index (Phi) is 6.08. The van der Waals surface area contributed by atoms with Gasteiger partial charge in [0.15, 0.2) is 0 Å². The first kappa shape index (κ1) is 19.2. The van der Waals surface area contributed by atoms with Gasteiger partial charge >= 0.3 is 0 Å². The topological polar surface area (TPSA) is 51.0 Å². The number of hydrogen-bond acceptors (Lipinski definition) is 3. The van der Waals surface area contributed by atoms with Crippen LogP contribution in [-0.4, -0.2) is 38.4 Å². The lowest BCUT2D eigenvalue weighted by atomic mass is 9.92. The highest BCUT2D eigenvalue weighted by molar-refractivity contribution is 5.76. The van der Waals surface area contributed by atoms with Crippen LogP contribution in [0.25, 0.3) is 11.4 Å². The van der Waals surface area contributed by atoms with E-state index in [4.69, 9.17) is 0 Å². The summed E-state index contributed by atoms with van der Waals surface area (Å²) in [6, 6.07) is 4.04. The van der Waals surface area contributed by atoms with Crippen LogP contribution < -0.4 is 0 Å². The van der Waals surface area contributed by atoms with Gasteiger partial charge in [-0.05, 0) is 63.0 Å². The van der Waals surface area contributed by atoms with Gasteiger partial charge in [-0.15, -0.1) is 0 Å². The van der Waals surface area contributed by atoms with Crippen molar-refractivity contribution >= 4 is 5.91 Å². The summed E-state index contributed by atoms with van der Waals surface area (Å²) in [6.45, 7) is 5.00. The Labute approximate surface area is 168 Å². The number of imidazole rings is 1. The summed E-state index contributed by atoms with van der Waals surface area (Å²) in [4.78, 5) is 23.4. The van der Waals surface area contributed by atoms with E-state index in [1.165, 1.54) is 31.4 Å². The van der Waals surface area contributed by atoms with Gasteiger partial charge in [-0.1, -0.05) is 12.8 Å². The van der Waals surface area contributed by atoms with Crippen LogP contribution in [0.2, 0.25) is 0 Å². The molecule has 1 aliphatic heterocycles. The van der Waals surface area contributed by atoms with Crippen molar-refractivity contribution in [3.8, 4) is 11.4 Å². The molecule has 2 aromatic rings. The van der Waals surface area contributed by atoms with Crippen LogP contribution in [0.3, 0.4) is 0 Å². The molecule has 1 amide bonds. The molecular weight excluding hydrogens is 348 g/mol. The number of carbonyl (C=O) groups is 1. The van der Waals surface area contributed by atoms with Crippen LogP contribution in [0, 0.1) is 18.8 Å². The van der Waals surface area contributed by atoms with E-state index < -0.39 is 0 Å². The van der Waals surface area contributed by atoms with Gasteiger partial charge in [-0.2, -0.15) is 0 Å². The Morgan fingerprint density at radius 3 is 2.50 bits per heavy atom. The SMILES string of the molecule is Cc1cnc(-c2ccncc2)n1CCC1CCN(C(=O)CC2CCCC2)CC1. The van der Waals surface area contributed by atoms with Crippen molar-refractivity contribution in [2.24, 2.45) is 11.8 Å². The first-order valence-corrected chi connectivity index (χ1v) is 10.9. The Bertz CT molecular complexity index is 771. The zero-order valence-electron chi connectivity index (χ0n) is 17.0. The van der Waals surface area contributed by atoms with Crippen LogP contribution in [0.5, 0.6) is 0 Å². The van der Waals surface area contributed by atoms with E-state index in [1.807, 2.05) is 30.7 Å². The quantitative estimate of drug-likeness (QED) is 0.743. The number of piperidine rings is 1. The summed E-state index contributed by atoms with van der Waals surface area (Å²) in [5.74, 6) is 2.78. The van der Waals surface area contributed by atoms with E-state index in [0.29, 0.717) is 17.7 Å². The van der Waals surface area contributed by atoms with E-state index in [-0.39, 0.29) is 0 Å². The summed E-state index contributed by atoms with van der Waals surface area (Å²) in [7, 11) is 0. The zero-order valence-corrected chi connectivity index (χ0v) is 17.0. The fourth-order valence-electron chi connectivity index (χ4n) is 4.85. The van der Waals surface area contributed by atoms with Crippen LogP contribution in [0.15, 0.2) is 30.7 Å². The molecule has 4 rings (SSSR count). The van der Waals surface area contributed by atoms with Gasteiger partial charge < -0.3 is 9.47 Å². The second kappa shape index (κ2) is 8.89. The molecule has 150 valence electrons. The highest BCUT2D eigenvalue weighted by Crippen LogP contribution is 2.29. The average molecular weight is 381 g/mol. The maximum atomic E-state index is 12.6. The molecule has 0 spiro atoms. The van der Waals surface area contributed by atoms with E-state index in [2.05, 4.69) is 26.4 Å². The van der Waals surface area contributed by atoms with E-state index in [0.717, 1.165) is 56.7 Å². The summed E-state index contributed by atoms with van der Waals surface area (Å²) < 4.78 is 2.33. The number of carbonyl (C=O) groups excluding carboxylic acids is 1. The van der Waals surface area contributed by atoms with E-state index >= 15 is 0 Å². The normalized spacial score (nSPS) is 18.7. The minimum absolute atomic E-state index is 0.399. The highest BCUT2D eigenvalue weighted by Gasteiger charge is 2.26. The molecule has 2 fully saturated rings. The van der Waals surface area contributed by atoms with Crippen molar-refractivity contribution in [2.75, 3.05) is 13.1 Å². The van der Waals surface area contributed by atoms with Crippen molar-refractivity contribution in [2.45, 2.75) is 64.8 Å². The predicted octanol–water partition coefficient (Wildman–Crippen LogP) is 4.46. The largest absolute Gasteiger partial charge is 0.343 e. The number of aryl methyl sites for hydroxylation is 1. The Hall–Kier alpha value is -2.17. The fourth-order valence-corrected chi connectivity index (χ4v) is 4.85. The lowest BCUT2D eigenvalue weighted by Gasteiger charge is -2.33. The first-order valence-electron chi connectivity index (χ1n) is 10.9. The van der Waals surface area contributed by atoms with Crippen LogP contribution >= 0.6 is 0 Å². The molecule has 1 saturated heterocycles. The summed E-state index contributed by atoms with van der Waals surface area (Å²) in [5, 5.41) is 0. The van der Waals surface area contributed by atoms with Crippen molar-refractivity contribution in [3.63, 3.8) is 0 Å². The molecule has 0 radical (unpaired) electrons. The van der Waals surface area contributed by atoms with E-state index in [9.17, 15) is 4.79 Å². The molecule has 28 heavy (non-hydrogen) atoms. The number of likely N-dealkylation sites (tertiary alicyclic amines) is 1. The number of amides is 1. The molecule has 0 bridgehead atoms. The molecule has 0 atom stereocenters. The average Bonchev–Trinajstić information content (AvgIpc) is 3.37. The molecule has 0 aromatic carbocycles. The van der Waals surface area contributed by atoms with Gasteiger partial charge in [0.25, 0.3) is 0 Å². The lowest BCUT2D eigenvalue weighted by molar-refractivity contribution is -0.133. The highest BCUT2D eigenvalue weighted by atomic mass is 16.2. The minimum Gasteiger partial charge on any atom is -0.343 e. The number of rotatable bonds is 6. The molecule has 0 N–H and O–H groups in total. The molecule has 3 heterocycles. The lowest BCUT2D eigenvalue weighted by Crippen LogP contribution is -2.39. The van der Waals surface area contributed by atoms with Gasteiger partial charge in [0.1, 0.15) is 5.82 Å². The van der Waals surface area contributed by atoms with Crippen LogP contribution in [-0.2, 0) is 11.3 Å². The molecule has 0 unspecified atom stereocenters. The molecule has 1 saturated carbocycles. The third-order valence-corrected chi connectivity index (χ3v) is 6.66. The number of aromatic nitrogens is 3. The molecule has 2 aromatic heterocycles. The van der Waals surface area contributed by atoms with Crippen molar-refractivity contribution < 1.29 is 4.79 Å². The molecule has 5 nitrogen and oxygen atoms in total. The number of pyridine rings is 1. The molecule has 2 aliphatic rings. The van der Waals surface area contributed by atoms with Crippen LogP contribution in [0.1, 0.15) is 57.1 Å². The smallest absolute Gasteiger partial charge is 0.222 e. The van der Waals surface area contributed by atoms with Crippen LogP contribution in [0.4, 0.5) is 0 Å². The number of hydrogen-bond donors (Lipinski definition) is 0. The van der Waals surface area contributed by atoms with Gasteiger partial charge in [-0.25, -0.2) is 4.98 Å². The van der Waals surface area contributed by atoms with E-state index in [1.54, 1.807) is 0 Å². The zero-order chi connectivity index (χ0) is 19.3. The summed E-state index contributed by atoms with van der Waals surface area (Å²) in [5.41, 5.74) is 2.33. The molecule has 1 aliphatic carbocycles. The fraction of sp³-hybridized carbons (Fsp3) is 0.609. The van der Waals surface area contributed by atoms with Gasteiger partial charge in [0, 0.05) is 55.9 Å². The Morgan fingerprint density at radius 2 is 1.79 bits per heavy atom. The summed E-state index contributed by atoms with van der Waals surface area (Å²) in [6.07, 6.45) is 14.9. The maximum Gasteiger partial charge on any atom is 0.222 e. The van der Waals surface area contributed by atoms with Crippen molar-refractivity contribution in [1.29, 1.82) is 0 Å². The van der Waals surface area contributed by atoms with Gasteiger partial charge in [0.2, 0.25) is 5.91 Å². The van der Waals surface area contributed by atoms with Crippen molar-refractivity contribution in [3.05, 3.63) is 36.4 Å². The third-order valence-electron chi connectivity index (χ3n) is 6.66. The Morgan fingerprint density at radius 1 is 1.07 bits per heavy atom. The minimum atomic E-state index is 0.399. The Balaban J connectivity index is 1.28. The standard InChI is InChI=1S/C23H32N4O/c1-18-17-25-23(21-6-11-24-12-7-21)27(18)15-10-19-8-13-26(14-9-19)22(28)16-20-4-2-3-5-20/h6-7,11-12,17,19-20H,2-5,8-10,13-16H2,1H3. The monoisotopic (exact) mass is 380 g/mol. The van der Waals surface area contributed by atoms with Crippen molar-refractivity contribution in [1.82, 2.24) is 19.4 Å². The molecular formula is C23H32N4O. The first-order chi connectivity index (χ1) is 13.7. The summed E-state index contributed by atoms with van der Waals surface area (Å²) >= 11 is 0. The molecule has 5 heteroatoms.